The Morgan fingerprint density at radius 3 is 2.39 bits per heavy atom. The smallest absolute Gasteiger partial charge is 0.118 e. The minimum Gasteiger partial charge on any atom is -0.497 e. The number of rotatable bonds is 8. The summed E-state index contributed by atoms with van der Waals surface area (Å²) in [6, 6.07) is 9.03. The average Bonchev–Trinajstić information content (AvgIpc) is 2.43. The van der Waals surface area contributed by atoms with Gasteiger partial charge in [-0.3, -0.25) is 0 Å². The minimum atomic E-state index is 0.627. The van der Waals surface area contributed by atoms with Gasteiger partial charge in [-0.1, -0.05) is 32.4 Å². The summed E-state index contributed by atoms with van der Waals surface area (Å²) in [5, 5.41) is 3.44. The Hall–Kier alpha value is -1.02. The van der Waals surface area contributed by atoms with Crippen LogP contribution < -0.4 is 10.1 Å². The molecule has 0 spiro atoms. The van der Waals surface area contributed by atoms with E-state index in [-0.39, 0.29) is 0 Å². The SMILES string of the molecule is CCC(C)CC(CCc1ccc(OC)cc1)NC. The average molecular weight is 249 g/mol. The summed E-state index contributed by atoms with van der Waals surface area (Å²) in [4.78, 5) is 0. The van der Waals surface area contributed by atoms with Gasteiger partial charge in [0.15, 0.2) is 0 Å². The van der Waals surface area contributed by atoms with E-state index in [0.717, 1.165) is 18.1 Å². The quantitative estimate of drug-likeness (QED) is 0.759. The molecular weight excluding hydrogens is 222 g/mol. The fourth-order valence-corrected chi connectivity index (χ4v) is 2.17. The third kappa shape index (κ3) is 5.09. The maximum absolute atomic E-state index is 5.17. The molecule has 0 aromatic heterocycles. The highest BCUT2D eigenvalue weighted by molar-refractivity contribution is 5.27. The molecule has 1 aromatic carbocycles. The van der Waals surface area contributed by atoms with Crippen LogP contribution in [-0.4, -0.2) is 20.2 Å². The molecule has 0 bridgehead atoms. The first kappa shape index (κ1) is 15.0. The van der Waals surface area contributed by atoms with Gasteiger partial charge in [0.05, 0.1) is 7.11 Å². The number of ether oxygens (including phenoxy) is 1. The van der Waals surface area contributed by atoms with Crippen molar-refractivity contribution >= 4 is 0 Å². The lowest BCUT2D eigenvalue weighted by atomic mass is 9.95. The van der Waals surface area contributed by atoms with Crippen molar-refractivity contribution in [2.45, 2.75) is 45.6 Å². The first-order valence-corrected chi connectivity index (χ1v) is 6.99. The molecule has 0 aliphatic rings. The zero-order chi connectivity index (χ0) is 13.4. The van der Waals surface area contributed by atoms with Crippen molar-refractivity contribution in [2.24, 2.45) is 5.92 Å². The number of hydrogen-bond acceptors (Lipinski definition) is 2. The van der Waals surface area contributed by atoms with Gasteiger partial charge in [0.2, 0.25) is 0 Å². The van der Waals surface area contributed by atoms with Gasteiger partial charge in [0, 0.05) is 6.04 Å². The van der Waals surface area contributed by atoms with E-state index in [0.29, 0.717) is 6.04 Å². The van der Waals surface area contributed by atoms with E-state index in [2.05, 4.69) is 38.3 Å². The Morgan fingerprint density at radius 1 is 1.22 bits per heavy atom. The van der Waals surface area contributed by atoms with Crippen LogP contribution in [0.1, 0.15) is 38.7 Å². The van der Waals surface area contributed by atoms with E-state index < -0.39 is 0 Å². The molecule has 1 aromatic rings. The highest BCUT2D eigenvalue weighted by Crippen LogP contribution is 2.16. The predicted molar refractivity (Wildman–Crippen MR) is 78.2 cm³/mol. The molecule has 2 heteroatoms. The van der Waals surface area contributed by atoms with E-state index in [1.54, 1.807) is 7.11 Å². The largest absolute Gasteiger partial charge is 0.497 e. The lowest BCUT2D eigenvalue weighted by Gasteiger charge is -2.19. The maximum Gasteiger partial charge on any atom is 0.118 e. The summed E-state index contributed by atoms with van der Waals surface area (Å²) >= 11 is 0. The maximum atomic E-state index is 5.17. The molecule has 18 heavy (non-hydrogen) atoms. The van der Waals surface area contributed by atoms with Gasteiger partial charge in [0.25, 0.3) is 0 Å². The van der Waals surface area contributed by atoms with Crippen molar-refractivity contribution in [3.05, 3.63) is 29.8 Å². The molecule has 102 valence electrons. The summed E-state index contributed by atoms with van der Waals surface area (Å²) in [6.45, 7) is 4.60. The van der Waals surface area contributed by atoms with Gasteiger partial charge < -0.3 is 10.1 Å². The fourth-order valence-electron chi connectivity index (χ4n) is 2.17. The standard InChI is InChI=1S/C16H27NO/c1-5-13(2)12-15(17-3)9-6-14-7-10-16(18-4)11-8-14/h7-8,10-11,13,15,17H,5-6,9,12H2,1-4H3. The Labute approximate surface area is 112 Å². The second kappa shape index (κ2) is 8.15. The monoisotopic (exact) mass is 249 g/mol. The van der Waals surface area contributed by atoms with Crippen LogP contribution in [-0.2, 0) is 6.42 Å². The third-order valence-electron chi connectivity index (χ3n) is 3.73. The van der Waals surface area contributed by atoms with Crippen LogP contribution in [0.15, 0.2) is 24.3 Å². The molecule has 0 radical (unpaired) electrons. The fraction of sp³-hybridized carbons (Fsp3) is 0.625. The second-order valence-electron chi connectivity index (χ2n) is 5.12. The number of benzene rings is 1. The van der Waals surface area contributed by atoms with Gasteiger partial charge in [-0.05, 0) is 49.9 Å². The van der Waals surface area contributed by atoms with Crippen molar-refractivity contribution in [2.75, 3.05) is 14.2 Å². The van der Waals surface area contributed by atoms with Gasteiger partial charge in [-0.2, -0.15) is 0 Å². The molecule has 2 nitrogen and oxygen atoms in total. The molecule has 1 N–H and O–H groups in total. The number of methoxy groups -OCH3 is 1. The van der Waals surface area contributed by atoms with E-state index in [1.807, 2.05) is 12.1 Å². The highest BCUT2D eigenvalue weighted by atomic mass is 16.5. The number of aryl methyl sites for hydroxylation is 1. The van der Waals surface area contributed by atoms with E-state index in [9.17, 15) is 0 Å². The van der Waals surface area contributed by atoms with E-state index >= 15 is 0 Å². The Balaban J connectivity index is 2.41. The van der Waals surface area contributed by atoms with Crippen LogP contribution in [0.25, 0.3) is 0 Å². The molecule has 1 rings (SSSR count). The summed E-state index contributed by atoms with van der Waals surface area (Å²) in [5.74, 6) is 1.74. The van der Waals surface area contributed by atoms with Crippen molar-refractivity contribution in [3.63, 3.8) is 0 Å². The van der Waals surface area contributed by atoms with E-state index in [4.69, 9.17) is 4.74 Å². The highest BCUT2D eigenvalue weighted by Gasteiger charge is 2.10. The molecule has 2 unspecified atom stereocenters. The van der Waals surface area contributed by atoms with Gasteiger partial charge in [-0.25, -0.2) is 0 Å². The van der Waals surface area contributed by atoms with Crippen LogP contribution >= 0.6 is 0 Å². The molecular formula is C16H27NO. The first-order valence-electron chi connectivity index (χ1n) is 6.99. The topological polar surface area (TPSA) is 21.3 Å². The second-order valence-corrected chi connectivity index (χ2v) is 5.12. The first-order chi connectivity index (χ1) is 8.69. The van der Waals surface area contributed by atoms with Gasteiger partial charge in [0.1, 0.15) is 5.75 Å². The van der Waals surface area contributed by atoms with Gasteiger partial charge in [-0.15, -0.1) is 0 Å². The van der Waals surface area contributed by atoms with Crippen molar-refractivity contribution in [1.29, 1.82) is 0 Å². The van der Waals surface area contributed by atoms with E-state index in [1.165, 1.54) is 24.8 Å². The van der Waals surface area contributed by atoms with Crippen LogP contribution in [0.5, 0.6) is 5.75 Å². The molecule has 0 amide bonds. The zero-order valence-electron chi connectivity index (χ0n) is 12.2. The molecule has 0 saturated carbocycles. The summed E-state index contributed by atoms with van der Waals surface area (Å²) in [7, 11) is 3.78. The lowest BCUT2D eigenvalue weighted by molar-refractivity contribution is 0.395. The molecule has 0 heterocycles. The van der Waals surface area contributed by atoms with Crippen LogP contribution in [0.4, 0.5) is 0 Å². The zero-order valence-corrected chi connectivity index (χ0v) is 12.2. The summed E-state index contributed by atoms with van der Waals surface area (Å²) < 4.78 is 5.17. The number of nitrogens with one attached hydrogen (secondary N) is 1. The predicted octanol–water partition coefficient (Wildman–Crippen LogP) is 3.65. The van der Waals surface area contributed by atoms with Crippen molar-refractivity contribution in [3.8, 4) is 5.75 Å². The Bertz CT molecular complexity index is 320. The Morgan fingerprint density at radius 2 is 1.89 bits per heavy atom. The van der Waals surface area contributed by atoms with Crippen LogP contribution in [0.2, 0.25) is 0 Å². The lowest BCUT2D eigenvalue weighted by Crippen LogP contribution is -2.27. The molecule has 2 atom stereocenters. The van der Waals surface area contributed by atoms with Crippen LogP contribution in [0, 0.1) is 5.92 Å². The van der Waals surface area contributed by atoms with Gasteiger partial charge >= 0.3 is 0 Å². The summed E-state index contributed by atoms with van der Waals surface area (Å²) in [5.41, 5.74) is 1.39. The van der Waals surface area contributed by atoms with Crippen LogP contribution in [0.3, 0.4) is 0 Å². The minimum absolute atomic E-state index is 0.627. The van der Waals surface area contributed by atoms with Crippen molar-refractivity contribution < 1.29 is 4.74 Å². The Kier molecular flexibility index (Phi) is 6.81. The molecule has 0 aliphatic carbocycles. The molecule has 0 aliphatic heterocycles. The molecule has 0 fully saturated rings. The van der Waals surface area contributed by atoms with Crippen molar-refractivity contribution in [1.82, 2.24) is 5.32 Å². The third-order valence-corrected chi connectivity index (χ3v) is 3.73. The molecule has 0 saturated heterocycles. The summed E-state index contributed by atoms with van der Waals surface area (Å²) in [6.07, 6.45) is 4.86. The number of hydrogen-bond donors (Lipinski definition) is 1. The normalized spacial score (nSPS) is 14.2.